The normalized spacial score (nSPS) is 13.3. The predicted molar refractivity (Wildman–Crippen MR) is 244 cm³/mol. The Labute approximate surface area is 363 Å². The van der Waals surface area contributed by atoms with Crippen LogP contribution >= 0.6 is 19.1 Å². The average molecular weight is 904 g/mol. The Kier molecular flexibility index (Phi) is 18.6. The zero-order valence-electron chi connectivity index (χ0n) is 36.6. The van der Waals surface area contributed by atoms with Crippen molar-refractivity contribution in [3.8, 4) is 0 Å². The molecule has 0 atom stereocenters. The molecule has 312 valence electrons. The van der Waals surface area contributed by atoms with Gasteiger partial charge in [0.05, 0.1) is 22.7 Å². The number of nitrogens with zero attached hydrogens (tertiary/aromatic N) is 6. The third-order valence-electron chi connectivity index (χ3n) is 12.2. The van der Waals surface area contributed by atoms with Crippen molar-refractivity contribution in [2.24, 2.45) is 0 Å². The zero-order chi connectivity index (χ0) is 41.8. The molecular formula is C48H66Cl2N6Pd. The molecule has 0 aromatic heterocycles. The minimum absolute atomic E-state index is 0.106. The Morgan fingerprint density at radius 2 is 0.737 bits per heavy atom. The van der Waals surface area contributed by atoms with Crippen molar-refractivity contribution in [3.63, 3.8) is 0 Å². The third kappa shape index (κ3) is 11.7. The van der Waals surface area contributed by atoms with Gasteiger partial charge in [0.1, 0.15) is 0 Å². The molecule has 0 unspecified atom stereocenters. The van der Waals surface area contributed by atoms with E-state index in [2.05, 4.69) is 186 Å². The second-order valence-electron chi connectivity index (χ2n) is 15.2. The molecule has 6 nitrogen and oxygen atoms in total. The van der Waals surface area contributed by atoms with E-state index in [4.69, 9.17) is 19.1 Å². The number of halogens is 2. The number of hydrogen-bond donors (Lipinski definition) is 0. The summed E-state index contributed by atoms with van der Waals surface area (Å²) in [6.07, 6.45) is 0. The van der Waals surface area contributed by atoms with Gasteiger partial charge in [-0.25, -0.2) is 0 Å². The Morgan fingerprint density at radius 1 is 0.474 bits per heavy atom. The second-order valence-corrected chi connectivity index (χ2v) is 17.6. The van der Waals surface area contributed by atoms with Crippen LogP contribution in [0.5, 0.6) is 0 Å². The number of para-hydroxylation sites is 4. The summed E-state index contributed by atoms with van der Waals surface area (Å²) in [5, 5.41) is 0. The molecule has 0 saturated heterocycles. The van der Waals surface area contributed by atoms with Gasteiger partial charge in [0.25, 0.3) is 0 Å². The van der Waals surface area contributed by atoms with E-state index in [1.165, 1.54) is 78.4 Å². The Morgan fingerprint density at radius 3 is 1.00 bits per heavy atom. The van der Waals surface area contributed by atoms with Crippen LogP contribution in [-0.4, -0.2) is 62.2 Å². The SMILES string of the molecule is CCN(CC)CCN1[C]N(Cc2c(C)c(C)cc(C)c2C)c2ccccc21.CCN(CC)CCN1[C]N(Cc2c(C)c(C)cc(C)c2C)c2ccccc21.[Cl][Pd][Cl]. The van der Waals surface area contributed by atoms with E-state index in [9.17, 15) is 0 Å². The van der Waals surface area contributed by atoms with Crippen molar-refractivity contribution >= 4 is 41.8 Å². The van der Waals surface area contributed by atoms with Gasteiger partial charge in [-0.15, -0.1) is 0 Å². The van der Waals surface area contributed by atoms with E-state index in [1.807, 2.05) is 0 Å². The standard InChI is InChI=1S/2C24H33N3.2ClH.Pd/c2*1-7-25(8-2)13-14-26-17-27(24-12-10-9-11-23(24)26)16-22-20(5)18(3)15-19(4)21(22)6;;;/h2*9-12,15H,7-8,13-14,16H2,1-6H3;2*1H;/q;;;;+2/p-2. The molecule has 4 aromatic rings. The molecule has 2 aliphatic heterocycles. The summed E-state index contributed by atoms with van der Waals surface area (Å²) in [5.41, 5.74) is 19.0. The molecule has 0 amide bonds. The zero-order valence-corrected chi connectivity index (χ0v) is 39.7. The summed E-state index contributed by atoms with van der Waals surface area (Å²) < 4.78 is 0. The molecule has 0 fully saturated rings. The van der Waals surface area contributed by atoms with Crippen molar-refractivity contribution in [1.29, 1.82) is 0 Å². The van der Waals surface area contributed by atoms with Crippen LogP contribution in [0.3, 0.4) is 0 Å². The van der Waals surface area contributed by atoms with Crippen LogP contribution in [0.1, 0.15) is 83.3 Å². The molecule has 0 spiro atoms. The monoisotopic (exact) mass is 902 g/mol. The van der Waals surface area contributed by atoms with Crippen LogP contribution in [-0.2, 0) is 29.0 Å². The summed E-state index contributed by atoms with van der Waals surface area (Å²) in [5.74, 6) is 0. The summed E-state index contributed by atoms with van der Waals surface area (Å²) >= 11 is -0.106. The van der Waals surface area contributed by atoms with E-state index in [0.29, 0.717) is 0 Å². The van der Waals surface area contributed by atoms with Gasteiger partial charge in [0.15, 0.2) is 0 Å². The van der Waals surface area contributed by atoms with Crippen molar-refractivity contribution in [3.05, 3.63) is 130 Å². The quantitative estimate of drug-likeness (QED) is 0.117. The van der Waals surface area contributed by atoms with Gasteiger partial charge < -0.3 is 29.4 Å². The summed E-state index contributed by atoms with van der Waals surface area (Å²) in [6.45, 7) is 44.2. The van der Waals surface area contributed by atoms with Crippen molar-refractivity contribution < 1.29 is 15.9 Å². The number of likely N-dealkylation sites (N-methyl/N-ethyl adjacent to an activating group) is 2. The van der Waals surface area contributed by atoms with E-state index in [-0.39, 0.29) is 15.9 Å². The van der Waals surface area contributed by atoms with E-state index >= 15 is 0 Å². The average Bonchev–Trinajstić information content (AvgIpc) is 3.75. The van der Waals surface area contributed by atoms with Crippen LogP contribution in [0.2, 0.25) is 0 Å². The van der Waals surface area contributed by atoms with Gasteiger partial charge in [-0.2, -0.15) is 0 Å². The first-order valence-electron chi connectivity index (χ1n) is 20.5. The van der Waals surface area contributed by atoms with Gasteiger partial charge >= 0.3 is 35.0 Å². The molecule has 57 heavy (non-hydrogen) atoms. The maximum atomic E-state index is 4.81. The van der Waals surface area contributed by atoms with Gasteiger partial charge in [0, 0.05) is 39.3 Å². The molecule has 2 heterocycles. The van der Waals surface area contributed by atoms with Gasteiger partial charge in [-0.3, -0.25) is 0 Å². The van der Waals surface area contributed by atoms with Crippen molar-refractivity contribution in [2.75, 3.05) is 72.0 Å². The molecule has 9 heteroatoms. The summed E-state index contributed by atoms with van der Waals surface area (Å²) in [7, 11) is 9.63. The van der Waals surface area contributed by atoms with Crippen LogP contribution < -0.4 is 19.6 Å². The molecule has 4 radical (unpaired) electrons. The van der Waals surface area contributed by atoms with Gasteiger partial charge in [-0.1, -0.05) is 64.1 Å². The van der Waals surface area contributed by atoms with Crippen LogP contribution in [0.15, 0.2) is 60.7 Å². The predicted octanol–water partition coefficient (Wildman–Crippen LogP) is 11.5. The number of benzene rings is 4. The number of fused-ring (bicyclic) bond motifs is 2. The molecule has 0 saturated carbocycles. The number of rotatable bonds is 14. The summed E-state index contributed by atoms with van der Waals surface area (Å²) in [4.78, 5) is 14.1. The first kappa shape index (κ1) is 46.9. The first-order chi connectivity index (χ1) is 27.3. The molecular weight excluding hydrogens is 838 g/mol. The summed E-state index contributed by atoms with van der Waals surface area (Å²) in [6, 6.07) is 22.0. The minimum atomic E-state index is -0.106. The van der Waals surface area contributed by atoms with Crippen molar-refractivity contribution in [2.45, 2.75) is 96.2 Å². The Bertz CT molecular complexity index is 1700. The number of hydrogen-bond acceptors (Lipinski definition) is 6. The van der Waals surface area contributed by atoms with Crippen LogP contribution in [0.4, 0.5) is 22.7 Å². The van der Waals surface area contributed by atoms with E-state index in [0.717, 1.165) is 65.4 Å². The van der Waals surface area contributed by atoms with Gasteiger partial charge in [0.2, 0.25) is 13.3 Å². The second kappa shape index (κ2) is 22.6. The Hall–Kier alpha value is -2.76. The molecule has 4 aromatic carbocycles. The van der Waals surface area contributed by atoms with Crippen LogP contribution in [0.25, 0.3) is 0 Å². The maximum absolute atomic E-state index is 4.81. The molecule has 0 aliphatic carbocycles. The van der Waals surface area contributed by atoms with Crippen molar-refractivity contribution in [1.82, 2.24) is 9.80 Å². The fourth-order valence-electron chi connectivity index (χ4n) is 7.88. The third-order valence-corrected chi connectivity index (χ3v) is 12.2. The van der Waals surface area contributed by atoms with Gasteiger partial charge in [-0.05, 0) is 161 Å². The fourth-order valence-corrected chi connectivity index (χ4v) is 7.88. The topological polar surface area (TPSA) is 19.4 Å². The van der Waals surface area contributed by atoms with Crippen LogP contribution in [0, 0.1) is 68.7 Å². The Balaban J connectivity index is 0.000000236. The van der Waals surface area contributed by atoms with E-state index in [1.54, 1.807) is 0 Å². The fraction of sp³-hybridized carbons (Fsp3) is 0.458. The first-order valence-corrected chi connectivity index (χ1v) is 24.5. The van der Waals surface area contributed by atoms with E-state index < -0.39 is 0 Å². The number of anilines is 4. The molecule has 0 bridgehead atoms. The molecule has 0 N–H and O–H groups in total. The molecule has 6 rings (SSSR count). The number of aryl methyl sites for hydroxylation is 4. The molecule has 2 aliphatic rings.